The molecule has 1 heterocycles. The number of likely N-dealkylation sites (tertiary alicyclic amines) is 1. The fourth-order valence-electron chi connectivity index (χ4n) is 3.15. The Morgan fingerprint density at radius 1 is 1.17 bits per heavy atom. The fraction of sp³-hybridized carbons (Fsp3) is 0.632. The molecule has 1 saturated heterocycles. The highest BCUT2D eigenvalue weighted by molar-refractivity contribution is 5.78. The normalized spacial score (nSPS) is 17.1. The number of amides is 1. The second-order valence-corrected chi connectivity index (χ2v) is 6.55. The van der Waals surface area contributed by atoms with Crippen molar-refractivity contribution in [2.75, 3.05) is 26.2 Å². The number of aliphatic hydroxyl groups excluding tert-OH is 1. The average molecular weight is 318 g/mol. The van der Waals surface area contributed by atoms with Crippen LogP contribution in [0.2, 0.25) is 0 Å². The highest BCUT2D eigenvalue weighted by Crippen LogP contribution is 2.14. The number of rotatable bonds is 7. The van der Waals surface area contributed by atoms with Crippen molar-refractivity contribution in [2.45, 2.75) is 51.6 Å². The van der Waals surface area contributed by atoms with Crippen molar-refractivity contribution >= 4 is 5.91 Å². The quantitative estimate of drug-likeness (QED) is 0.840. The first kappa shape index (κ1) is 18.0. The van der Waals surface area contributed by atoms with E-state index in [4.69, 9.17) is 0 Å². The Balaban J connectivity index is 1.99. The summed E-state index contributed by atoms with van der Waals surface area (Å²) in [5.41, 5.74) is 1.21. The lowest BCUT2D eigenvalue weighted by Gasteiger charge is -2.31. The molecule has 1 aromatic rings. The zero-order chi connectivity index (χ0) is 16.5. The summed E-state index contributed by atoms with van der Waals surface area (Å²) in [5, 5.41) is 9.25. The minimum Gasteiger partial charge on any atom is -0.396 e. The maximum absolute atomic E-state index is 12.7. The smallest absolute Gasteiger partial charge is 0.236 e. The third-order valence-electron chi connectivity index (χ3n) is 4.70. The van der Waals surface area contributed by atoms with Crippen molar-refractivity contribution in [3.8, 4) is 0 Å². The SMILES string of the molecule is CC(CCO)N(CC(=O)N1CCCCCC1)Cc1ccccc1. The van der Waals surface area contributed by atoms with Crippen molar-refractivity contribution in [3.05, 3.63) is 35.9 Å². The molecule has 1 unspecified atom stereocenters. The monoisotopic (exact) mass is 318 g/mol. The van der Waals surface area contributed by atoms with Crippen LogP contribution < -0.4 is 0 Å². The molecule has 128 valence electrons. The van der Waals surface area contributed by atoms with Crippen LogP contribution in [0.4, 0.5) is 0 Å². The average Bonchev–Trinajstić information content (AvgIpc) is 2.84. The molecule has 23 heavy (non-hydrogen) atoms. The maximum atomic E-state index is 12.7. The predicted molar refractivity (Wildman–Crippen MR) is 93.1 cm³/mol. The van der Waals surface area contributed by atoms with Gasteiger partial charge in [0.15, 0.2) is 0 Å². The molecule has 1 fully saturated rings. The molecule has 1 atom stereocenters. The van der Waals surface area contributed by atoms with E-state index >= 15 is 0 Å². The van der Waals surface area contributed by atoms with Crippen LogP contribution in [0, 0.1) is 0 Å². The number of hydrogen-bond donors (Lipinski definition) is 1. The third kappa shape index (κ3) is 5.96. The molecule has 0 saturated carbocycles. The Morgan fingerprint density at radius 2 is 1.83 bits per heavy atom. The number of nitrogens with zero attached hydrogens (tertiary/aromatic N) is 2. The van der Waals surface area contributed by atoms with Crippen molar-refractivity contribution < 1.29 is 9.90 Å². The summed E-state index contributed by atoms with van der Waals surface area (Å²) in [6, 6.07) is 10.4. The molecule has 0 spiro atoms. The first-order valence-electron chi connectivity index (χ1n) is 8.87. The summed E-state index contributed by atoms with van der Waals surface area (Å²) in [6.45, 7) is 5.23. The van der Waals surface area contributed by atoms with E-state index in [2.05, 4.69) is 24.0 Å². The van der Waals surface area contributed by atoms with Crippen LogP contribution in [0.25, 0.3) is 0 Å². The zero-order valence-corrected chi connectivity index (χ0v) is 14.3. The molecule has 1 N–H and O–H groups in total. The Labute approximate surface area is 140 Å². The minimum atomic E-state index is 0.157. The van der Waals surface area contributed by atoms with E-state index < -0.39 is 0 Å². The summed E-state index contributed by atoms with van der Waals surface area (Å²) >= 11 is 0. The van der Waals surface area contributed by atoms with Gasteiger partial charge >= 0.3 is 0 Å². The van der Waals surface area contributed by atoms with Crippen molar-refractivity contribution in [1.82, 2.24) is 9.80 Å². The van der Waals surface area contributed by atoms with Gasteiger partial charge in [-0.2, -0.15) is 0 Å². The second kappa shape index (κ2) is 9.68. The first-order chi connectivity index (χ1) is 11.2. The number of hydrogen-bond acceptors (Lipinski definition) is 3. The van der Waals surface area contributed by atoms with Gasteiger partial charge in [-0.05, 0) is 31.7 Å². The van der Waals surface area contributed by atoms with Gasteiger partial charge in [-0.15, -0.1) is 0 Å². The zero-order valence-electron chi connectivity index (χ0n) is 14.3. The highest BCUT2D eigenvalue weighted by Gasteiger charge is 2.21. The second-order valence-electron chi connectivity index (χ2n) is 6.55. The van der Waals surface area contributed by atoms with Gasteiger partial charge in [0.1, 0.15) is 0 Å². The summed E-state index contributed by atoms with van der Waals surface area (Å²) in [4.78, 5) is 16.9. The summed E-state index contributed by atoms with van der Waals surface area (Å²) < 4.78 is 0. The van der Waals surface area contributed by atoms with Crippen LogP contribution in [-0.2, 0) is 11.3 Å². The van der Waals surface area contributed by atoms with Crippen molar-refractivity contribution in [3.63, 3.8) is 0 Å². The third-order valence-corrected chi connectivity index (χ3v) is 4.70. The Hall–Kier alpha value is -1.39. The van der Waals surface area contributed by atoms with E-state index in [9.17, 15) is 9.90 Å². The van der Waals surface area contributed by atoms with Crippen LogP contribution in [0.3, 0.4) is 0 Å². The molecule has 1 amide bonds. The molecule has 0 aliphatic carbocycles. The van der Waals surface area contributed by atoms with Crippen LogP contribution in [0.15, 0.2) is 30.3 Å². The predicted octanol–water partition coefficient (Wildman–Crippen LogP) is 2.66. The molecular weight excluding hydrogens is 288 g/mol. The van der Waals surface area contributed by atoms with Gasteiger partial charge in [0.25, 0.3) is 0 Å². The van der Waals surface area contributed by atoms with E-state index in [0.717, 1.165) is 32.5 Å². The molecule has 0 aromatic heterocycles. The molecule has 4 nitrogen and oxygen atoms in total. The Morgan fingerprint density at radius 3 is 2.43 bits per heavy atom. The number of aliphatic hydroxyl groups is 1. The summed E-state index contributed by atoms with van der Waals surface area (Å²) in [5.74, 6) is 0.229. The molecule has 1 aliphatic heterocycles. The standard InChI is InChI=1S/C19H30N2O2/c1-17(11-14-22)21(15-18-9-5-4-6-10-18)16-19(23)20-12-7-2-3-8-13-20/h4-6,9-10,17,22H,2-3,7-8,11-16H2,1H3. The number of carbonyl (C=O) groups excluding carboxylic acids is 1. The van der Waals surface area contributed by atoms with Gasteiger partial charge in [0.2, 0.25) is 5.91 Å². The van der Waals surface area contributed by atoms with Gasteiger partial charge in [-0.25, -0.2) is 0 Å². The lowest BCUT2D eigenvalue weighted by molar-refractivity contribution is -0.133. The van der Waals surface area contributed by atoms with Gasteiger partial charge in [-0.1, -0.05) is 43.2 Å². The van der Waals surface area contributed by atoms with Gasteiger partial charge in [-0.3, -0.25) is 9.69 Å². The first-order valence-corrected chi connectivity index (χ1v) is 8.87. The minimum absolute atomic E-state index is 0.157. The molecule has 1 aromatic carbocycles. The van der Waals surface area contributed by atoms with Gasteiger partial charge in [0, 0.05) is 32.3 Å². The highest BCUT2D eigenvalue weighted by atomic mass is 16.3. The Bertz CT molecular complexity index is 456. The fourth-order valence-corrected chi connectivity index (χ4v) is 3.15. The van der Waals surface area contributed by atoms with Crippen molar-refractivity contribution in [2.24, 2.45) is 0 Å². The summed E-state index contributed by atoms with van der Waals surface area (Å²) in [6.07, 6.45) is 5.41. The number of benzene rings is 1. The van der Waals surface area contributed by atoms with Crippen LogP contribution in [0.5, 0.6) is 0 Å². The van der Waals surface area contributed by atoms with E-state index in [1.807, 2.05) is 23.1 Å². The lowest BCUT2D eigenvalue weighted by Crippen LogP contribution is -2.44. The molecule has 0 radical (unpaired) electrons. The molecule has 0 bridgehead atoms. The molecule has 2 rings (SSSR count). The van der Waals surface area contributed by atoms with Crippen LogP contribution in [0.1, 0.15) is 44.6 Å². The van der Waals surface area contributed by atoms with Gasteiger partial charge in [0.05, 0.1) is 6.54 Å². The van der Waals surface area contributed by atoms with Gasteiger partial charge < -0.3 is 10.0 Å². The molecule has 4 heteroatoms. The van der Waals surface area contributed by atoms with E-state index in [1.165, 1.54) is 18.4 Å². The van der Waals surface area contributed by atoms with Crippen LogP contribution >= 0.6 is 0 Å². The Kier molecular flexibility index (Phi) is 7.56. The van der Waals surface area contributed by atoms with E-state index in [0.29, 0.717) is 13.0 Å². The number of carbonyl (C=O) groups is 1. The largest absolute Gasteiger partial charge is 0.396 e. The van der Waals surface area contributed by atoms with E-state index in [-0.39, 0.29) is 18.6 Å². The molecular formula is C19H30N2O2. The van der Waals surface area contributed by atoms with E-state index in [1.54, 1.807) is 0 Å². The molecule has 1 aliphatic rings. The summed E-state index contributed by atoms with van der Waals surface area (Å²) in [7, 11) is 0. The van der Waals surface area contributed by atoms with Crippen molar-refractivity contribution in [1.29, 1.82) is 0 Å². The van der Waals surface area contributed by atoms with Crippen LogP contribution in [-0.4, -0.2) is 53.1 Å². The maximum Gasteiger partial charge on any atom is 0.236 e. The lowest BCUT2D eigenvalue weighted by atomic mass is 10.1. The topological polar surface area (TPSA) is 43.8 Å².